The van der Waals surface area contributed by atoms with Crippen LogP contribution in [0.3, 0.4) is 0 Å². The molecule has 0 saturated carbocycles. The van der Waals surface area contributed by atoms with Crippen molar-refractivity contribution in [2.75, 3.05) is 19.5 Å². The number of amides is 1. The third-order valence-corrected chi connectivity index (χ3v) is 3.82. The van der Waals surface area contributed by atoms with Crippen LogP contribution in [0.1, 0.15) is 34.6 Å². The number of esters is 1. The first kappa shape index (κ1) is 20.0. The predicted octanol–water partition coefficient (Wildman–Crippen LogP) is 3.09. The molecule has 1 atom stereocenters. The van der Waals surface area contributed by atoms with Crippen molar-refractivity contribution >= 4 is 23.3 Å². The molecule has 0 aliphatic rings. The molecule has 0 unspecified atom stereocenters. The van der Waals surface area contributed by atoms with Crippen LogP contribution in [-0.2, 0) is 9.53 Å². The van der Waals surface area contributed by atoms with E-state index in [2.05, 4.69) is 5.32 Å². The summed E-state index contributed by atoms with van der Waals surface area (Å²) in [6.07, 6.45) is -1.06. The number of carbonyl (C=O) groups excluding carboxylic acids is 3. The summed E-state index contributed by atoms with van der Waals surface area (Å²) >= 11 is 0. The van der Waals surface area contributed by atoms with E-state index in [1.54, 1.807) is 36.4 Å². The van der Waals surface area contributed by atoms with Crippen molar-refractivity contribution in [3.05, 3.63) is 53.6 Å². The van der Waals surface area contributed by atoms with E-state index < -0.39 is 18.0 Å². The zero-order chi connectivity index (χ0) is 20.0. The fourth-order valence-electron chi connectivity index (χ4n) is 2.31. The maximum absolute atomic E-state index is 12.4. The van der Waals surface area contributed by atoms with Crippen LogP contribution in [0.2, 0.25) is 0 Å². The standard InChI is InChI=1S/C20H21NO6/c1-12(22)14-6-5-7-15(10-14)21-19(23)13(2)27-20(24)17-11-16(25-3)8-9-18(17)26-4/h5-11,13H,1-4H3,(H,21,23)/t13-/m1/s1. The van der Waals surface area contributed by atoms with E-state index in [0.29, 0.717) is 22.7 Å². The number of rotatable bonds is 7. The monoisotopic (exact) mass is 371 g/mol. The van der Waals surface area contributed by atoms with Crippen molar-refractivity contribution in [2.24, 2.45) is 0 Å². The predicted molar refractivity (Wildman–Crippen MR) is 99.5 cm³/mol. The fraction of sp³-hybridized carbons (Fsp3) is 0.250. The van der Waals surface area contributed by atoms with Crippen molar-refractivity contribution in [3.63, 3.8) is 0 Å². The third-order valence-electron chi connectivity index (χ3n) is 3.82. The van der Waals surface area contributed by atoms with Crippen molar-refractivity contribution in [2.45, 2.75) is 20.0 Å². The van der Waals surface area contributed by atoms with E-state index in [1.807, 2.05) is 0 Å². The number of benzene rings is 2. The van der Waals surface area contributed by atoms with Gasteiger partial charge in [-0.25, -0.2) is 4.79 Å². The summed E-state index contributed by atoms with van der Waals surface area (Å²) in [6, 6.07) is 11.2. The Kier molecular flexibility index (Phi) is 6.54. The first-order chi connectivity index (χ1) is 12.8. The maximum Gasteiger partial charge on any atom is 0.342 e. The number of Topliss-reactive ketones (excluding diaryl/α,β-unsaturated/α-hetero) is 1. The van der Waals surface area contributed by atoms with Gasteiger partial charge in [-0.15, -0.1) is 0 Å². The molecule has 2 rings (SSSR count). The Morgan fingerprint density at radius 1 is 1.00 bits per heavy atom. The summed E-state index contributed by atoms with van der Waals surface area (Å²) in [5.41, 5.74) is 1.06. The summed E-state index contributed by atoms with van der Waals surface area (Å²) in [5.74, 6) is -0.587. The molecule has 1 amide bonds. The highest BCUT2D eigenvalue weighted by molar-refractivity contribution is 6.00. The van der Waals surface area contributed by atoms with E-state index in [4.69, 9.17) is 14.2 Å². The normalized spacial score (nSPS) is 11.3. The van der Waals surface area contributed by atoms with Crippen LogP contribution < -0.4 is 14.8 Å². The van der Waals surface area contributed by atoms with Crippen molar-refractivity contribution in [1.29, 1.82) is 0 Å². The van der Waals surface area contributed by atoms with Crippen molar-refractivity contribution in [3.8, 4) is 11.5 Å². The van der Waals surface area contributed by atoms with Gasteiger partial charge in [0.1, 0.15) is 17.1 Å². The van der Waals surface area contributed by atoms with Crippen LogP contribution in [0.15, 0.2) is 42.5 Å². The van der Waals surface area contributed by atoms with Gasteiger partial charge >= 0.3 is 5.97 Å². The molecule has 2 aromatic rings. The first-order valence-electron chi connectivity index (χ1n) is 8.20. The third kappa shape index (κ3) is 5.07. The van der Waals surface area contributed by atoms with Crippen LogP contribution in [0.25, 0.3) is 0 Å². The number of ether oxygens (including phenoxy) is 3. The van der Waals surface area contributed by atoms with Gasteiger partial charge in [0.25, 0.3) is 5.91 Å². The second kappa shape index (κ2) is 8.84. The highest BCUT2D eigenvalue weighted by Crippen LogP contribution is 2.25. The molecule has 142 valence electrons. The van der Waals surface area contributed by atoms with Gasteiger partial charge in [0.15, 0.2) is 11.9 Å². The Balaban J connectivity index is 2.09. The van der Waals surface area contributed by atoms with Crippen molar-refractivity contribution in [1.82, 2.24) is 0 Å². The average molecular weight is 371 g/mol. The second-order valence-corrected chi connectivity index (χ2v) is 5.74. The molecule has 0 heterocycles. The van der Waals surface area contributed by atoms with Crippen molar-refractivity contribution < 1.29 is 28.6 Å². The highest BCUT2D eigenvalue weighted by atomic mass is 16.5. The Bertz CT molecular complexity index is 861. The first-order valence-corrected chi connectivity index (χ1v) is 8.20. The largest absolute Gasteiger partial charge is 0.497 e. The zero-order valence-electron chi connectivity index (χ0n) is 15.6. The van der Waals surface area contributed by atoms with Crippen LogP contribution in [0.4, 0.5) is 5.69 Å². The summed E-state index contributed by atoms with van der Waals surface area (Å²) in [7, 11) is 2.90. The summed E-state index contributed by atoms with van der Waals surface area (Å²) in [4.78, 5) is 36.2. The quantitative estimate of drug-likeness (QED) is 0.594. The number of carbonyl (C=O) groups is 3. The molecule has 2 aromatic carbocycles. The molecule has 0 bridgehead atoms. The molecule has 1 N–H and O–H groups in total. The molecular weight excluding hydrogens is 350 g/mol. The molecule has 7 heteroatoms. The fourth-order valence-corrected chi connectivity index (χ4v) is 2.31. The molecule has 0 radical (unpaired) electrons. The van der Waals surface area contributed by atoms with Crippen LogP contribution in [0.5, 0.6) is 11.5 Å². The van der Waals surface area contributed by atoms with Gasteiger partial charge < -0.3 is 19.5 Å². The number of hydrogen-bond donors (Lipinski definition) is 1. The lowest BCUT2D eigenvalue weighted by Gasteiger charge is -2.15. The number of anilines is 1. The molecule has 0 aliphatic heterocycles. The molecule has 0 saturated heterocycles. The smallest absolute Gasteiger partial charge is 0.342 e. The van der Waals surface area contributed by atoms with E-state index in [1.165, 1.54) is 34.1 Å². The number of nitrogens with one attached hydrogen (secondary N) is 1. The van der Waals surface area contributed by atoms with Crippen LogP contribution in [-0.4, -0.2) is 38.0 Å². The van der Waals surface area contributed by atoms with Crippen LogP contribution >= 0.6 is 0 Å². The van der Waals surface area contributed by atoms with E-state index in [0.717, 1.165) is 0 Å². The van der Waals surface area contributed by atoms with Gasteiger partial charge in [-0.1, -0.05) is 12.1 Å². The summed E-state index contributed by atoms with van der Waals surface area (Å²) in [6.45, 7) is 2.89. The SMILES string of the molecule is COc1ccc(OC)c(C(=O)O[C@H](C)C(=O)Nc2cccc(C(C)=O)c2)c1. The van der Waals surface area contributed by atoms with Gasteiger partial charge in [-0.05, 0) is 44.2 Å². The lowest BCUT2D eigenvalue weighted by Crippen LogP contribution is -2.30. The van der Waals surface area contributed by atoms with E-state index >= 15 is 0 Å². The van der Waals surface area contributed by atoms with Gasteiger partial charge in [0.05, 0.1) is 14.2 Å². The lowest BCUT2D eigenvalue weighted by molar-refractivity contribution is -0.123. The zero-order valence-corrected chi connectivity index (χ0v) is 15.6. The topological polar surface area (TPSA) is 90.9 Å². The molecule has 0 aromatic heterocycles. The van der Waals surface area contributed by atoms with Gasteiger partial charge in [0.2, 0.25) is 0 Å². The average Bonchev–Trinajstić information content (AvgIpc) is 2.67. The molecule has 0 aliphatic carbocycles. The molecule has 0 fully saturated rings. The lowest BCUT2D eigenvalue weighted by atomic mass is 10.1. The minimum absolute atomic E-state index is 0.115. The Morgan fingerprint density at radius 2 is 1.74 bits per heavy atom. The Labute approximate surface area is 157 Å². The maximum atomic E-state index is 12.4. The molecule has 0 spiro atoms. The Hall–Kier alpha value is -3.35. The van der Waals surface area contributed by atoms with Gasteiger partial charge in [-0.2, -0.15) is 0 Å². The molecule has 27 heavy (non-hydrogen) atoms. The minimum Gasteiger partial charge on any atom is -0.497 e. The highest BCUT2D eigenvalue weighted by Gasteiger charge is 2.22. The minimum atomic E-state index is -1.06. The number of methoxy groups -OCH3 is 2. The van der Waals surface area contributed by atoms with E-state index in [9.17, 15) is 14.4 Å². The van der Waals surface area contributed by atoms with E-state index in [-0.39, 0.29) is 11.3 Å². The molecular formula is C20H21NO6. The number of ketones is 1. The second-order valence-electron chi connectivity index (χ2n) is 5.74. The Morgan fingerprint density at radius 3 is 2.37 bits per heavy atom. The van der Waals surface area contributed by atoms with Gasteiger partial charge in [0, 0.05) is 11.3 Å². The van der Waals surface area contributed by atoms with Crippen LogP contribution in [0, 0.1) is 0 Å². The number of hydrogen-bond acceptors (Lipinski definition) is 6. The summed E-state index contributed by atoms with van der Waals surface area (Å²) < 4.78 is 15.5. The molecule has 7 nitrogen and oxygen atoms in total. The summed E-state index contributed by atoms with van der Waals surface area (Å²) in [5, 5.41) is 2.62. The van der Waals surface area contributed by atoms with Gasteiger partial charge in [-0.3, -0.25) is 9.59 Å².